The molecular weight excluding hydrogens is 351 g/mol. The van der Waals surface area contributed by atoms with E-state index in [0.29, 0.717) is 17.8 Å². The van der Waals surface area contributed by atoms with Crippen LogP contribution in [0.4, 0.5) is 4.39 Å². The molecule has 3 aromatic heterocycles. The number of rotatable bonds is 5. The van der Waals surface area contributed by atoms with E-state index in [2.05, 4.69) is 10.4 Å². The molecule has 4 rings (SSSR count). The number of fused-ring (bicyclic) bond motifs is 1. The van der Waals surface area contributed by atoms with E-state index >= 15 is 0 Å². The normalized spacial score (nSPS) is 11.0. The van der Waals surface area contributed by atoms with Crippen LogP contribution in [0.1, 0.15) is 10.6 Å². The molecule has 1 aromatic carbocycles. The molecule has 0 saturated heterocycles. The Morgan fingerprint density at radius 3 is 2.74 bits per heavy atom. The number of halogens is 1. The van der Waals surface area contributed by atoms with Crippen LogP contribution < -0.4 is 10.9 Å². The van der Waals surface area contributed by atoms with Gasteiger partial charge in [0.1, 0.15) is 11.3 Å². The van der Waals surface area contributed by atoms with Crippen LogP contribution in [0.25, 0.3) is 16.8 Å². The van der Waals surface area contributed by atoms with E-state index in [-0.39, 0.29) is 29.6 Å². The van der Waals surface area contributed by atoms with Crippen molar-refractivity contribution in [3.05, 3.63) is 83.1 Å². The van der Waals surface area contributed by atoms with Crippen LogP contribution in [0.2, 0.25) is 0 Å². The second-order valence-corrected chi connectivity index (χ2v) is 5.90. The highest BCUT2D eigenvalue weighted by atomic mass is 19.1. The summed E-state index contributed by atoms with van der Waals surface area (Å²) in [6.45, 7) is 0.577. The van der Waals surface area contributed by atoms with Gasteiger partial charge in [0.25, 0.3) is 11.5 Å². The van der Waals surface area contributed by atoms with Crippen LogP contribution in [0.15, 0.2) is 70.3 Å². The number of carbonyl (C=O) groups is 1. The number of carbonyl (C=O) groups excluding carboxylic acids is 1. The van der Waals surface area contributed by atoms with E-state index in [1.807, 2.05) is 0 Å². The van der Waals surface area contributed by atoms with Crippen LogP contribution in [0.5, 0.6) is 0 Å². The fourth-order valence-corrected chi connectivity index (χ4v) is 2.75. The highest BCUT2D eigenvalue weighted by Crippen LogP contribution is 2.18. The molecule has 0 aliphatic heterocycles. The monoisotopic (exact) mass is 366 g/mol. The number of hydrogen-bond acceptors (Lipinski definition) is 4. The van der Waals surface area contributed by atoms with Crippen LogP contribution in [0, 0.1) is 5.82 Å². The highest BCUT2D eigenvalue weighted by molar-refractivity contribution is 5.91. The molecule has 0 aliphatic carbocycles. The lowest BCUT2D eigenvalue weighted by Gasteiger charge is -2.06. The van der Waals surface area contributed by atoms with Crippen molar-refractivity contribution in [2.24, 2.45) is 0 Å². The maximum absolute atomic E-state index is 13.1. The van der Waals surface area contributed by atoms with Crippen molar-refractivity contribution >= 4 is 11.4 Å². The van der Waals surface area contributed by atoms with Gasteiger partial charge >= 0.3 is 0 Å². The Morgan fingerprint density at radius 2 is 2.00 bits per heavy atom. The number of benzene rings is 1. The maximum atomic E-state index is 13.1. The van der Waals surface area contributed by atoms with Crippen molar-refractivity contribution in [1.82, 2.24) is 19.5 Å². The Bertz CT molecular complexity index is 1140. The molecule has 0 atom stereocenters. The lowest BCUT2D eigenvalue weighted by molar-refractivity contribution is 0.0924. The summed E-state index contributed by atoms with van der Waals surface area (Å²) >= 11 is 0. The van der Waals surface area contributed by atoms with Gasteiger partial charge in [-0.25, -0.2) is 8.91 Å². The Morgan fingerprint density at radius 1 is 1.19 bits per heavy atom. The first-order valence-electron chi connectivity index (χ1n) is 8.28. The average Bonchev–Trinajstić information content (AvgIpc) is 3.34. The zero-order valence-electron chi connectivity index (χ0n) is 14.1. The van der Waals surface area contributed by atoms with E-state index in [4.69, 9.17) is 4.42 Å². The molecule has 0 fully saturated rings. The second-order valence-electron chi connectivity index (χ2n) is 5.90. The van der Waals surface area contributed by atoms with Gasteiger partial charge in [-0.1, -0.05) is 0 Å². The number of nitrogens with one attached hydrogen (secondary N) is 1. The van der Waals surface area contributed by atoms with Crippen molar-refractivity contribution in [3.8, 4) is 11.3 Å². The largest absolute Gasteiger partial charge is 0.459 e. The zero-order valence-corrected chi connectivity index (χ0v) is 14.1. The van der Waals surface area contributed by atoms with Crippen LogP contribution in [-0.2, 0) is 6.54 Å². The third-order valence-corrected chi connectivity index (χ3v) is 4.13. The molecule has 4 aromatic rings. The topological polar surface area (TPSA) is 81.5 Å². The van der Waals surface area contributed by atoms with Crippen molar-refractivity contribution in [2.75, 3.05) is 6.54 Å². The van der Waals surface area contributed by atoms with Gasteiger partial charge in [0.2, 0.25) is 0 Å². The molecule has 27 heavy (non-hydrogen) atoms. The number of nitrogens with zero attached hydrogens (tertiary/aromatic N) is 3. The van der Waals surface area contributed by atoms with Gasteiger partial charge in [-0.3, -0.25) is 9.59 Å². The second kappa shape index (κ2) is 6.91. The molecular formula is C19H15FN4O3. The quantitative estimate of drug-likeness (QED) is 0.588. The summed E-state index contributed by atoms with van der Waals surface area (Å²) in [6.07, 6.45) is 4.69. The van der Waals surface area contributed by atoms with Crippen LogP contribution in [-0.4, -0.2) is 26.6 Å². The molecule has 0 saturated carbocycles. The Balaban J connectivity index is 1.52. The zero-order chi connectivity index (χ0) is 18.8. The van der Waals surface area contributed by atoms with Gasteiger partial charge in [0.05, 0.1) is 12.0 Å². The van der Waals surface area contributed by atoms with E-state index in [9.17, 15) is 14.0 Å². The molecule has 0 aliphatic rings. The van der Waals surface area contributed by atoms with E-state index in [1.54, 1.807) is 42.7 Å². The lowest BCUT2D eigenvalue weighted by atomic mass is 10.1. The van der Waals surface area contributed by atoms with Crippen LogP contribution in [0.3, 0.4) is 0 Å². The van der Waals surface area contributed by atoms with Gasteiger partial charge in [-0.15, -0.1) is 0 Å². The van der Waals surface area contributed by atoms with Gasteiger partial charge in [-0.2, -0.15) is 5.10 Å². The van der Waals surface area contributed by atoms with Crippen molar-refractivity contribution < 1.29 is 13.6 Å². The fourth-order valence-electron chi connectivity index (χ4n) is 2.75. The van der Waals surface area contributed by atoms with Crippen molar-refractivity contribution in [2.45, 2.75) is 6.54 Å². The molecule has 136 valence electrons. The van der Waals surface area contributed by atoms with Crippen molar-refractivity contribution in [1.29, 1.82) is 0 Å². The van der Waals surface area contributed by atoms with E-state index in [0.717, 1.165) is 5.56 Å². The summed E-state index contributed by atoms with van der Waals surface area (Å²) in [5, 5.41) is 7.05. The molecule has 1 amide bonds. The molecule has 3 heterocycles. The fraction of sp³-hybridized carbons (Fsp3) is 0.105. The number of hydrogen-bond donors (Lipinski definition) is 1. The predicted octanol–water partition coefficient (Wildman–Crippen LogP) is 2.33. The summed E-state index contributed by atoms with van der Waals surface area (Å²) in [6, 6.07) is 10.8. The summed E-state index contributed by atoms with van der Waals surface area (Å²) in [5.41, 5.74) is 1.47. The van der Waals surface area contributed by atoms with Gasteiger partial charge < -0.3 is 14.3 Å². The van der Waals surface area contributed by atoms with E-state index in [1.165, 1.54) is 27.5 Å². The summed E-state index contributed by atoms with van der Waals surface area (Å²) in [5.74, 6) is -0.448. The predicted molar refractivity (Wildman–Crippen MR) is 95.9 cm³/mol. The molecule has 0 bridgehead atoms. The highest BCUT2D eigenvalue weighted by Gasteiger charge is 2.11. The minimum Gasteiger partial charge on any atom is -0.459 e. The van der Waals surface area contributed by atoms with Crippen LogP contribution >= 0.6 is 0 Å². The number of amides is 1. The first-order valence-corrected chi connectivity index (χ1v) is 8.28. The number of aromatic nitrogens is 3. The molecule has 8 heteroatoms. The van der Waals surface area contributed by atoms with Gasteiger partial charge in [-0.05, 0) is 42.5 Å². The molecule has 0 unspecified atom stereocenters. The van der Waals surface area contributed by atoms with E-state index < -0.39 is 0 Å². The first-order chi connectivity index (χ1) is 13.1. The summed E-state index contributed by atoms with van der Waals surface area (Å²) in [4.78, 5) is 24.5. The van der Waals surface area contributed by atoms with Gasteiger partial charge in [0.15, 0.2) is 5.76 Å². The van der Waals surface area contributed by atoms with Gasteiger partial charge in [0, 0.05) is 31.0 Å². The summed E-state index contributed by atoms with van der Waals surface area (Å²) in [7, 11) is 0. The molecule has 7 nitrogen and oxygen atoms in total. The first kappa shape index (κ1) is 16.8. The molecule has 1 N–H and O–H groups in total. The lowest BCUT2D eigenvalue weighted by Crippen LogP contribution is -2.30. The SMILES string of the molecule is O=C(NCCn1ccn2nc(-c3ccc(F)cc3)cc2c1=O)c1ccco1. The standard InChI is InChI=1S/C19H15FN4O3/c20-14-5-3-13(4-6-14)15-12-16-19(26)23(9-10-24(16)22-15)8-7-21-18(25)17-2-1-11-27-17/h1-6,9-12H,7-8H2,(H,21,25). The third-order valence-electron chi connectivity index (χ3n) is 4.13. The minimum absolute atomic E-state index is 0.220. The Labute approximate surface area is 152 Å². The minimum atomic E-state index is -0.336. The Kier molecular flexibility index (Phi) is 4.29. The average molecular weight is 366 g/mol. The summed E-state index contributed by atoms with van der Waals surface area (Å²) < 4.78 is 21.1. The maximum Gasteiger partial charge on any atom is 0.287 e. The Hall–Kier alpha value is -3.68. The number of furan rings is 1. The smallest absolute Gasteiger partial charge is 0.287 e. The van der Waals surface area contributed by atoms with Crippen molar-refractivity contribution in [3.63, 3.8) is 0 Å². The molecule has 0 radical (unpaired) electrons. The molecule has 0 spiro atoms. The third kappa shape index (κ3) is 3.37.